The third-order valence-corrected chi connectivity index (χ3v) is 8.46. The average Bonchev–Trinajstić information content (AvgIpc) is 3.18. The first-order chi connectivity index (χ1) is 26.8. The number of allylic oxidation sites excluding steroid dienone is 16. The summed E-state index contributed by atoms with van der Waals surface area (Å²) in [6.07, 6.45) is 38.5. The van der Waals surface area contributed by atoms with Gasteiger partial charge in [-0.15, -0.1) is 0 Å². The minimum absolute atomic E-state index is 0.176. The van der Waals surface area contributed by atoms with Crippen molar-refractivity contribution < 1.29 is 49.0 Å². The molecule has 310 valence electrons. The Morgan fingerprint density at radius 3 is 1.55 bits per heavy atom. The van der Waals surface area contributed by atoms with Crippen molar-refractivity contribution in [2.45, 2.75) is 153 Å². The Bertz CT molecular complexity index is 1210. The van der Waals surface area contributed by atoms with Gasteiger partial charge in [-0.1, -0.05) is 117 Å². The molecule has 1 fully saturated rings. The van der Waals surface area contributed by atoms with E-state index in [-0.39, 0.29) is 26.1 Å². The van der Waals surface area contributed by atoms with Gasteiger partial charge in [0.1, 0.15) is 31.0 Å². The van der Waals surface area contributed by atoms with E-state index >= 15 is 0 Å². The molecule has 10 nitrogen and oxygen atoms in total. The van der Waals surface area contributed by atoms with Gasteiger partial charge >= 0.3 is 11.9 Å². The number of aliphatic hydroxyl groups is 4. The number of carbonyl (C=O) groups excluding carboxylic acids is 2. The first-order valence-corrected chi connectivity index (χ1v) is 20.3. The van der Waals surface area contributed by atoms with E-state index in [1.165, 1.54) is 0 Å². The van der Waals surface area contributed by atoms with Gasteiger partial charge in [-0.05, 0) is 83.5 Å². The van der Waals surface area contributed by atoms with Crippen molar-refractivity contribution in [3.8, 4) is 0 Å². The van der Waals surface area contributed by atoms with E-state index in [1.54, 1.807) is 0 Å². The summed E-state index contributed by atoms with van der Waals surface area (Å²) < 4.78 is 22.0. The summed E-state index contributed by atoms with van der Waals surface area (Å²) in [5.74, 6) is -0.923. The minimum atomic E-state index is -1.61. The number of hydrogen-bond acceptors (Lipinski definition) is 10. The maximum absolute atomic E-state index is 12.7. The van der Waals surface area contributed by atoms with E-state index in [9.17, 15) is 30.0 Å². The molecule has 0 bridgehead atoms. The first kappa shape index (κ1) is 49.6. The van der Waals surface area contributed by atoms with Crippen molar-refractivity contribution in [2.75, 3.05) is 19.8 Å². The van der Waals surface area contributed by atoms with Crippen LogP contribution in [-0.2, 0) is 28.5 Å². The second-order valence-electron chi connectivity index (χ2n) is 13.3. The third kappa shape index (κ3) is 27.0. The molecule has 4 N–H and O–H groups in total. The van der Waals surface area contributed by atoms with Gasteiger partial charge in [0.25, 0.3) is 0 Å². The smallest absolute Gasteiger partial charge is 0.306 e. The van der Waals surface area contributed by atoms with Gasteiger partial charge in [-0.2, -0.15) is 0 Å². The highest BCUT2D eigenvalue weighted by Crippen LogP contribution is 2.22. The number of carbonyl (C=O) groups is 2. The molecule has 55 heavy (non-hydrogen) atoms. The Hall–Kier alpha value is -3.38. The monoisotopic (exact) mass is 770 g/mol. The number of ether oxygens (including phenoxy) is 4. The predicted octanol–water partition coefficient (Wildman–Crippen LogP) is 7.99. The SMILES string of the molecule is CC/C=C\C/C=C\C/C=C\C/C=C\C/C=C\CCCC(=O)OC[C@H](CO[C@@H]1O[C@H](CO)[C@H](O)C(O)C1O)OC(=O)CCCCC/C=C\C/C=C\C/C=C\CC. The zero-order valence-corrected chi connectivity index (χ0v) is 33.4. The van der Waals surface area contributed by atoms with Crippen LogP contribution >= 0.6 is 0 Å². The lowest BCUT2D eigenvalue weighted by Crippen LogP contribution is -2.59. The molecule has 10 heteroatoms. The van der Waals surface area contributed by atoms with Crippen LogP contribution in [0.5, 0.6) is 0 Å². The quantitative estimate of drug-likeness (QED) is 0.0310. The molecular formula is C45H70O10. The van der Waals surface area contributed by atoms with Crippen LogP contribution < -0.4 is 0 Å². The van der Waals surface area contributed by atoms with E-state index in [1.807, 2.05) is 6.08 Å². The van der Waals surface area contributed by atoms with Crippen LogP contribution in [0.15, 0.2) is 97.2 Å². The van der Waals surface area contributed by atoms with E-state index in [0.717, 1.165) is 70.6 Å². The van der Waals surface area contributed by atoms with E-state index in [0.29, 0.717) is 19.3 Å². The molecule has 0 aromatic rings. The third-order valence-electron chi connectivity index (χ3n) is 8.46. The summed E-state index contributed by atoms with van der Waals surface area (Å²) in [5, 5.41) is 40.0. The lowest BCUT2D eigenvalue weighted by Gasteiger charge is -2.39. The molecule has 1 heterocycles. The van der Waals surface area contributed by atoms with Gasteiger partial charge in [-0.25, -0.2) is 0 Å². The molecule has 1 aliphatic rings. The van der Waals surface area contributed by atoms with Gasteiger partial charge in [0.2, 0.25) is 0 Å². The number of rotatable bonds is 31. The number of hydrogen-bond donors (Lipinski definition) is 4. The second kappa shape index (κ2) is 35.1. The minimum Gasteiger partial charge on any atom is -0.462 e. The Labute approximate surface area is 330 Å². The molecule has 0 spiro atoms. The molecule has 1 aliphatic heterocycles. The normalized spacial score (nSPS) is 21.6. The molecule has 1 rings (SSSR count). The van der Waals surface area contributed by atoms with Gasteiger partial charge in [0.15, 0.2) is 12.4 Å². The van der Waals surface area contributed by atoms with Gasteiger partial charge < -0.3 is 39.4 Å². The molecule has 0 saturated carbocycles. The van der Waals surface area contributed by atoms with Crippen LogP contribution in [0.25, 0.3) is 0 Å². The van der Waals surface area contributed by atoms with Crippen molar-refractivity contribution in [3.05, 3.63) is 97.2 Å². The van der Waals surface area contributed by atoms with Gasteiger partial charge in [-0.3, -0.25) is 9.59 Å². The second-order valence-corrected chi connectivity index (χ2v) is 13.3. The zero-order valence-electron chi connectivity index (χ0n) is 33.4. The standard InChI is InChI=1S/C45H70O10/c1-3-5-7-9-11-13-15-17-18-19-20-22-23-25-27-29-31-33-40(47)52-36-38(37-53-45-44(51)43(50)42(49)39(35-46)55-45)54-41(48)34-32-30-28-26-24-21-16-14-12-10-8-6-4-2/h5-8,11-14,17-18,20-22,24-25,27,38-39,42-46,49-51H,3-4,9-10,15-16,19,23,26,28-37H2,1-2H3/b7-5-,8-6-,13-11-,14-12-,18-17-,22-20-,24-21-,27-25-/t38-,39-,42+,43?,44?,45-/m1/s1. The highest BCUT2D eigenvalue weighted by Gasteiger charge is 2.44. The number of unbranched alkanes of at least 4 members (excludes halogenated alkanes) is 4. The molecular weight excluding hydrogens is 700 g/mol. The molecule has 2 unspecified atom stereocenters. The van der Waals surface area contributed by atoms with Crippen LogP contribution in [0.4, 0.5) is 0 Å². The number of aliphatic hydroxyl groups excluding tert-OH is 4. The largest absolute Gasteiger partial charge is 0.462 e. The Morgan fingerprint density at radius 2 is 1.04 bits per heavy atom. The summed E-state index contributed by atoms with van der Waals surface area (Å²) in [7, 11) is 0. The van der Waals surface area contributed by atoms with Crippen molar-refractivity contribution in [2.24, 2.45) is 0 Å². The lowest BCUT2D eigenvalue weighted by molar-refractivity contribution is -0.305. The van der Waals surface area contributed by atoms with E-state index < -0.39 is 55.4 Å². The Balaban J connectivity index is 2.45. The van der Waals surface area contributed by atoms with Crippen LogP contribution in [-0.4, -0.2) is 89.0 Å². The molecule has 0 amide bonds. The molecule has 0 aromatic carbocycles. The molecule has 0 radical (unpaired) electrons. The molecule has 0 aliphatic carbocycles. The van der Waals surface area contributed by atoms with E-state index in [2.05, 4.69) is 105 Å². The van der Waals surface area contributed by atoms with Crippen LogP contribution in [0.1, 0.15) is 117 Å². The van der Waals surface area contributed by atoms with Crippen LogP contribution in [0.3, 0.4) is 0 Å². The summed E-state index contributed by atoms with van der Waals surface area (Å²) in [5.41, 5.74) is 0. The first-order valence-electron chi connectivity index (χ1n) is 20.3. The van der Waals surface area contributed by atoms with Crippen LogP contribution in [0, 0.1) is 0 Å². The lowest BCUT2D eigenvalue weighted by atomic mass is 9.99. The Morgan fingerprint density at radius 1 is 0.564 bits per heavy atom. The molecule has 0 aromatic heterocycles. The number of esters is 2. The van der Waals surface area contributed by atoms with Gasteiger partial charge in [0, 0.05) is 12.8 Å². The van der Waals surface area contributed by atoms with Crippen LogP contribution in [0.2, 0.25) is 0 Å². The maximum Gasteiger partial charge on any atom is 0.306 e. The highest BCUT2D eigenvalue weighted by molar-refractivity contribution is 5.70. The van der Waals surface area contributed by atoms with Crippen molar-refractivity contribution in [3.63, 3.8) is 0 Å². The average molecular weight is 771 g/mol. The zero-order chi connectivity index (χ0) is 40.2. The van der Waals surface area contributed by atoms with Crippen molar-refractivity contribution in [1.82, 2.24) is 0 Å². The highest BCUT2D eigenvalue weighted by atomic mass is 16.7. The van der Waals surface area contributed by atoms with Crippen molar-refractivity contribution in [1.29, 1.82) is 0 Å². The Kier molecular flexibility index (Phi) is 31.6. The summed E-state index contributed by atoms with van der Waals surface area (Å²) in [4.78, 5) is 25.2. The molecule has 1 saturated heterocycles. The topological polar surface area (TPSA) is 152 Å². The predicted molar refractivity (Wildman–Crippen MR) is 219 cm³/mol. The molecule has 6 atom stereocenters. The maximum atomic E-state index is 12.7. The van der Waals surface area contributed by atoms with E-state index in [4.69, 9.17) is 18.9 Å². The summed E-state index contributed by atoms with van der Waals surface area (Å²) in [6, 6.07) is 0. The fraction of sp³-hybridized carbons (Fsp3) is 0.600. The summed E-state index contributed by atoms with van der Waals surface area (Å²) >= 11 is 0. The summed E-state index contributed by atoms with van der Waals surface area (Å²) in [6.45, 7) is 3.06. The fourth-order valence-corrected chi connectivity index (χ4v) is 5.29. The van der Waals surface area contributed by atoms with Gasteiger partial charge in [0.05, 0.1) is 13.2 Å². The van der Waals surface area contributed by atoms with Crippen molar-refractivity contribution >= 4 is 11.9 Å². The fourth-order valence-electron chi connectivity index (χ4n) is 5.29.